The number of ether oxygens (including phenoxy) is 1. The van der Waals surface area contributed by atoms with Crippen LogP contribution in [0.2, 0.25) is 0 Å². The third-order valence-electron chi connectivity index (χ3n) is 1.69. The van der Waals surface area contributed by atoms with Crippen molar-refractivity contribution >= 4 is 12.7 Å². The van der Waals surface area contributed by atoms with Crippen LogP contribution in [0.15, 0.2) is 17.3 Å². The van der Waals surface area contributed by atoms with Crippen LogP contribution in [0.5, 0.6) is 0 Å². The van der Waals surface area contributed by atoms with E-state index in [0.717, 1.165) is 5.70 Å². The number of nitrogens with zero attached hydrogens (tertiary/aromatic N) is 1. The Labute approximate surface area is 91.4 Å². The van der Waals surface area contributed by atoms with Crippen molar-refractivity contribution in [3.8, 4) is 0 Å². The maximum atomic E-state index is 11.6. The van der Waals surface area contributed by atoms with E-state index >= 15 is 0 Å². The molecule has 0 fully saturated rings. The number of carbonyl (C=O) groups excluding carboxylic acids is 1. The highest BCUT2D eigenvalue weighted by atomic mass is 16.6. The standard InChI is InChI=1S/C11H20N2O2/c1-8(12-5)7-9(13-6)10(14)15-11(2,3)4/h9,12H,1,6-7H2,2-5H3. The van der Waals surface area contributed by atoms with Crippen LogP contribution in [-0.2, 0) is 9.53 Å². The number of aliphatic imine (C=N–C) groups is 1. The zero-order chi connectivity index (χ0) is 12.1. The van der Waals surface area contributed by atoms with Crippen molar-refractivity contribution in [3.05, 3.63) is 12.3 Å². The maximum absolute atomic E-state index is 11.6. The Morgan fingerprint density at radius 3 is 2.40 bits per heavy atom. The minimum atomic E-state index is -0.579. The number of hydrogen-bond donors (Lipinski definition) is 1. The van der Waals surface area contributed by atoms with Crippen LogP contribution < -0.4 is 5.32 Å². The summed E-state index contributed by atoms with van der Waals surface area (Å²) in [6.45, 7) is 12.6. The van der Waals surface area contributed by atoms with E-state index in [1.807, 2.05) is 20.8 Å². The molecule has 4 heteroatoms. The summed E-state index contributed by atoms with van der Waals surface area (Å²) in [5.74, 6) is -0.367. The van der Waals surface area contributed by atoms with Crippen molar-refractivity contribution in [3.63, 3.8) is 0 Å². The minimum absolute atomic E-state index is 0.367. The van der Waals surface area contributed by atoms with Gasteiger partial charge in [0.2, 0.25) is 0 Å². The van der Waals surface area contributed by atoms with E-state index in [4.69, 9.17) is 4.74 Å². The fourth-order valence-electron chi connectivity index (χ4n) is 0.928. The Balaban J connectivity index is 4.35. The van der Waals surface area contributed by atoms with Gasteiger partial charge in [0.1, 0.15) is 5.60 Å². The van der Waals surface area contributed by atoms with Gasteiger partial charge in [0.15, 0.2) is 6.04 Å². The molecule has 0 spiro atoms. The van der Waals surface area contributed by atoms with Crippen LogP contribution in [0.4, 0.5) is 0 Å². The summed E-state index contributed by atoms with van der Waals surface area (Å²) in [5.41, 5.74) is 0.235. The molecule has 0 heterocycles. The van der Waals surface area contributed by atoms with Gasteiger partial charge in [0, 0.05) is 19.2 Å². The van der Waals surface area contributed by atoms with Gasteiger partial charge in [-0.05, 0) is 27.5 Å². The molecule has 0 saturated carbocycles. The van der Waals surface area contributed by atoms with Gasteiger partial charge < -0.3 is 10.1 Å². The predicted octanol–water partition coefficient (Wildman–Crippen LogP) is 1.52. The van der Waals surface area contributed by atoms with Gasteiger partial charge in [0.25, 0.3) is 0 Å². The topological polar surface area (TPSA) is 50.7 Å². The lowest BCUT2D eigenvalue weighted by Crippen LogP contribution is -2.31. The lowest BCUT2D eigenvalue weighted by atomic mass is 10.1. The third-order valence-corrected chi connectivity index (χ3v) is 1.69. The summed E-state index contributed by atoms with van der Waals surface area (Å²) in [4.78, 5) is 15.4. The second-order valence-corrected chi connectivity index (χ2v) is 4.29. The third kappa shape index (κ3) is 5.88. The van der Waals surface area contributed by atoms with E-state index in [1.165, 1.54) is 0 Å². The summed E-state index contributed by atoms with van der Waals surface area (Å²) in [5, 5.41) is 2.86. The molecule has 0 rings (SSSR count). The van der Waals surface area contributed by atoms with Crippen molar-refractivity contribution in [1.29, 1.82) is 0 Å². The van der Waals surface area contributed by atoms with Gasteiger partial charge in [-0.1, -0.05) is 6.58 Å². The predicted molar refractivity (Wildman–Crippen MR) is 62.0 cm³/mol. The zero-order valence-corrected chi connectivity index (χ0v) is 9.96. The van der Waals surface area contributed by atoms with Crippen molar-refractivity contribution < 1.29 is 9.53 Å². The Morgan fingerprint density at radius 1 is 1.53 bits per heavy atom. The van der Waals surface area contributed by atoms with E-state index < -0.39 is 11.6 Å². The van der Waals surface area contributed by atoms with Crippen LogP contribution in [0.1, 0.15) is 27.2 Å². The fourth-order valence-corrected chi connectivity index (χ4v) is 0.928. The number of hydrogen-bond acceptors (Lipinski definition) is 4. The van der Waals surface area contributed by atoms with Crippen LogP contribution in [0, 0.1) is 0 Å². The summed E-state index contributed by atoms with van der Waals surface area (Å²) in [6, 6.07) is -0.579. The Hall–Kier alpha value is -1.32. The molecular formula is C11H20N2O2. The summed E-state index contributed by atoms with van der Waals surface area (Å²) in [7, 11) is 1.75. The zero-order valence-electron chi connectivity index (χ0n) is 9.96. The second-order valence-electron chi connectivity index (χ2n) is 4.29. The van der Waals surface area contributed by atoms with Crippen LogP contribution in [0.3, 0.4) is 0 Å². The molecule has 0 aliphatic carbocycles. The molecule has 0 aromatic heterocycles. The molecule has 0 aliphatic heterocycles. The molecule has 0 bridgehead atoms. The molecule has 1 N–H and O–H groups in total. The largest absolute Gasteiger partial charge is 0.458 e. The highest BCUT2D eigenvalue weighted by Gasteiger charge is 2.24. The number of rotatable bonds is 5. The van der Waals surface area contributed by atoms with Crippen LogP contribution in [0.25, 0.3) is 0 Å². The summed E-state index contributed by atoms with van der Waals surface area (Å²) in [6.07, 6.45) is 0.412. The van der Waals surface area contributed by atoms with Gasteiger partial charge in [-0.15, -0.1) is 0 Å². The molecule has 1 unspecified atom stereocenters. The van der Waals surface area contributed by atoms with Crippen molar-refractivity contribution in [1.82, 2.24) is 5.32 Å². The molecule has 4 nitrogen and oxygen atoms in total. The number of esters is 1. The lowest BCUT2D eigenvalue weighted by molar-refractivity contribution is -0.156. The molecule has 0 amide bonds. The maximum Gasteiger partial charge on any atom is 0.331 e. The average molecular weight is 212 g/mol. The van der Waals surface area contributed by atoms with E-state index in [0.29, 0.717) is 6.42 Å². The van der Waals surface area contributed by atoms with Crippen molar-refractivity contribution in [2.24, 2.45) is 4.99 Å². The fraction of sp³-hybridized carbons (Fsp3) is 0.636. The monoisotopic (exact) mass is 212 g/mol. The molecule has 0 aromatic rings. The molecule has 15 heavy (non-hydrogen) atoms. The lowest BCUT2D eigenvalue weighted by Gasteiger charge is -2.22. The van der Waals surface area contributed by atoms with E-state index in [2.05, 4.69) is 23.6 Å². The molecule has 0 aliphatic rings. The molecule has 0 radical (unpaired) electrons. The van der Waals surface area contributed by atoms with Gasteiger partial charge in [-0.2, -0.15) is 0 Å². The van der Waals surface area contributed by atoms with E-state index in [1.54, 1.807) is 7.05 Å². The first-order valence-corrected chi connectivity index (χ1v) is 4.84. The number of nitrogens with one attached hydrogen (secondary N) is 1. The Bertz CT molecular complexity index is 254. The van der Waals surface area contributed by atoms with Crippen molar-refractivity contribution in [2.75, 3.05) is 7.05 Å². The minimum Gasteiger partial charge on any atom is -0.458 e. The van der Waals surface area contributed by atoms with Gasteiger partial charge in [-0.3, -0.25) is 4.99 Å². The first-order valence-electron chi connectivity index (χ1n) is 4.84. The SMILES string of the molecule is C=NC(CC(=C)NC)C(=O)OC(C)(C)C. The van der Waals surface area contributed by atoms with Crippen LogP contribution >= 0.6 is 0 Å². The van der Waals surface area contributed by atoms with Crippen LogP contribution in [-0.4, -0.2) is 31.4 Å². The molecule has 0 aromatic carbocycles. The summed E-state index contributed by atoms with van der Waals surface area (Å²) < 4.78 is 5.19. The first-order chi connectivity index (χ1) is 6.80. The van der Waals surface area contributed by atoms with Crippen molar-refractivity contribution in [2.45, 2.75) is 38.8 Å². The quantitative estimate of drug-likeness (QED) is 0.555. The summed E-state index contributed by atoms with van der Waals surface area (Å²) >= 11 is 0. The average Bonchev–Trinajstić information content (AvgIpc) is 2.10. The normalized spacial score (nSPS) is 12.8. The highest BCUT2D eigenvalue weighted by molar-refractivity contribution is 5.77. The van der Waals surface area contributed by atoms with E-state index in [-0.39, 0.29) is 5.97 Å². The molecule has 0 saturated heterocycles. The molecular weight excluding hydrogens is 192 g/mol. The molecule has 86 valence electrons. The Kier molecular flexibility index (Phi) is 5.05. The van der Waals surface area contributed by atoms with Gasteiger partial charge in [-0.25, -0.2) is 4.79 Å². The number of carbonyl (C=O) groups is 1. The Morgan fingerprint density at radius 2 is 2.07 bits per heavy atom. The molecule has 1 atom stereocenters. The first kappa shape index (κ1) is 13.7. The second kappa shape index (κ2) is 5.53. The van der Waals surface area contributed by atoms with Gasteiger partial charge >= 0.3 is 5.97 Å². The van der Waals surface area contributed by atoms with Gasteiger partial charge in [0.05, 0.1) is 0 Å². The highest BCUT2D eigenvalue weighted by Crippen LogP contribution is 2.12. The smallest absolute Gasteiger partial charge is 0.331 e. The van der Waals surface area contributed by atoms with E-state index in [9.17, 15) is 4.79 Å².